The Kier molecular flexibility index (Phi) is 81.2. The average molecular weight is 551 g/mol. The molecule has 22 heteroatoms. The molecule has 0 saturated carbocycles. The molecule has 0 aliphatic heterocycles. The van der Waals surface area contributed by atoms with Gasteiger partial charge in [0.25, 0.3) is 0 Å². The zero-order chi connectivity index (χ0) is 13.5. The maximum absolute atomic E-state index is 8.49. The van der Waals surface area contributed by atoms with Gasteiger partial charge in [-0.1, -0.05) is 0 Å². The molecule has 0 fully saturated rings. The number of rotatable bonds is 0. The summed E-state index contributed by atoms with van der Waals surface area (Å²) in [7, 11) is -14.8. The number of hydrogen-bond acceptors (Lipinski definition) is 12. The Balaban J connectivity index is -0.0000000106. The molecular weight excluding hydrogens is 539 g/mol. The smallest absolute Gasteiger partial charge is 0.412 e. The van der Waals surface area contributed by atoms with Gasteiger partial charge in [-0.05, 0) is 0 Å². The van der Waals surface area contributed by atoms with Crippen LogP contribution in [0.25, 0.3) is 0 Å². The van der Waals surface area contributed by atoms with Crippen molar-refractivity contribution in [2.45, 2.75) is 0 Å². The van der Waals surface area contributed by atoms with E-state index in [1.165, 1.54) is 0 Å². The molecule has 0 aromatic rings. The van der Waals surface area contributed by atoms with Gasteiger partial charge in [-0.15, -0.1) is 30.7 Å². The molecule has 0 bridgehead atoms. The fourth-order valence-electron chi connectivity index (χ4n) is 0. The van der Waals surface area contributed by atoms with Gasteiger partial charge in [-0.2, -0.15) is 0 Å². The van der Waals surface area contributed by atoms with Crippen LogP contribution in [0.4, 0.5) is 0 Å². The van der Waals surface area contributed by atoms with E-state index in [1.54, 1.807) is 0 Å². The van der Waals surface area contributed by atoms with E-state index in [0.717, 1.165) is 0 Å². The van der Waals surface area contributed by atoms with Crippen LogP contribution in [-0.2, 0) is 0 Å². The Bertz CT molecular complexity index is 93.4. The van der Waals surface area contributed by atoms with E-state index in [1.807, 2.05) is 0 Å². The Morgan fingerprint density at radius 3 is 0.273 bits per heavy atom. The SMILES string of the molecule is O.O.O.O.O.O.[Nd+3].[O-][Cl+3]([O-])([O-])[O-].[O-][Cl+3]([O-])([O-])[O-].[O-][Cl+3]([O-])([O-])[O-]. The molecule has 145 valence electrons. The van der Waals surface area contributed by atoms with Gasteiger partial charge in [0.2, 0.25) is 0 Å². The zero-order valence-electron chi connectivity index (χ0n) is 9.53. The summed E-state index contributed by atoms with van der Waals surface area (Å²) >= 11 is 0. The molecule has 0 aromatic heterocycles. The minimum atomic E-state index is -4.94. The first-order valence-electron chi connectivity index (χ1n) is 1.85. The quantitative estimate of drug-likeness (QED) is 0.271. The van der Waals surface area contributed by atoms with Crippen LogP contribution < -0.4 is 55.9 Å². The molecule has 0 atom stereocenters. The maximum Gasteiger partial charge on any atom is 3.00 e. The number of hydrogen-bond donors (Lipinski definition) is 0. The summed E-state index contributed by atoms with van der Waals surface area (Å²) in [6, 6.07) is 0. The van der Waals surface area contributed by atoms with Gasteiger partial charge in [0.1, 0.15) is 0 Å². The van der Waals surface area contributed by atoms with Crippen molar-refractivity contribution in [2.75, 3.05) is 0 Å². The third-order valence-corrected chi connectivity index (χ3v) is 0. The summed E-state index contributed by atoms with van der Waals surface area (Å²) in [5.41, 5.74) is 0. The summed E-state index contributed by atoms with van der Waals surface area (Å²) in [4.78, 5) is 0. The summed E-state index contributed by atoms with van der Waals surface area (Å²) < 4.78 is 102. The summed E-state index contributed by atoms with van der Waals surface area (Å²) in [6.07, 6.45) is 0. The van der Waals surface area contributed by atoms with Crippen molar-refractivity contribution in [3.8, 4) is 0 Å². The summed E-state index contributed by atoms with van der Waals surface area (Å²) in [6.45, 7) is 0. The van der Waals surface area contributed by atoms with E-state index in [4.69, 9.17) is 55.9 Å². The Labute approximate surface area is 159 Å². The first-order valence-corrected chi connectivity index (χ1v) is 5.55. The van der Waals surface area contributed by atoms with E-state index < -0.39 is 30.7 Å². The second-order valence-corrected chi connectivity index (χ2v) is 3.40. The zero-order valence-corrected chi connectivity index (χ0v) is 15.0. The van der Waals surface area contributed by atoms with E-state index >= 15 is 0 Å². The fraction of sp³-hybridized carbons (Fsp3) is 0. The van der Waals surface area contributed by atoms with Gasteiger partial charge >= 0.3 is 40.8 Å². The van der Waals surface area contributed by atoms with Gasteiger partial charge in [0.05, 0.1) is 0 Å². The predicted octanol–water partition coefficient (Wildman–Crippen LogP) is -19.2. The third kappa shape index (κ3) is 4010. The molecule has 18 nitrogen and oxygen atoms in total. The molecular formula is H12Cl3NdO18. The summed E-state index contributed by atoms with van der Waals surface area (Å²) in [5, 5.41) is 0. The first-order chi connectivity index (χ1) is 6.00. The Morgan fingerprint density at radius 2 is 0.273 bits per heavy atom. The molecule has 0 amide bonds. The van der Waals surface area contributed by atoms with Crippen molar-refractivity contribution in [2.24, 2.45) is 0 Å². The molecule has 0 spiro atoms. The topological polar surface area (TPSA) is 466 Å². The molecule has 1 radical (unpaired) electrons. The van der Waals surface area contributed by atoms with Crippen molar-refractivity contribution >= 4 is 0 Å². The standard InChI is InChI=1S/3ClHO4.Nd.6H2O/c3*2-1(3,4)5;;;;;;;/h3*(H,2,3,4,5);;6*1H2/q;;;+3;;;;;;/p-3. The second kappa shape index (κ2) is 27.4. The van der Waals surface area contributed by atoms with Gasteiger partial charge in [-0.25, -0.2) is 55.9 Å². The Morgan fingerprint density at radius 1 is 0.273 bits per heavy atom. The molecule has 0 unspecified atom stereocenters. The van der Waals surface area contributed by atoms with E-state index in [2.05, 4.69) is 0 Å². The largest absolute Gasteiger partial charge is 3.00 e. The van der Waals surface area contributed by atoms with Crippen molar-refractivity contribution in [3.63, 3.8) is 0 Å². The molecule has 12 N–H and O–H groups in total. The minimum absolute atomic E-state index is 0. The van der Waals surface area contributed by atoms with Crippen LogP contribution in [-0.4, -0.2) is 32.9 Å². The van der Waals surface area contributed by atoms with E-state index in [-0.39, 0.29) is 73.7 Å². The van der Waals surface area contributed by atoms with Crippen LogP contribution in [0, 0.1) is 71.6 Å². The van der Waals surface area contributed by atoms with Crippen molar-refractivity contribution in [1.82, 2.24) is 0 Å². The fourth-order valence-corrected chi connectivity index (χ4v) is 0. The van der Waals surface area contributed by atoms with Crippen LogP contribution in [0.3, 0.4) is 0 Å². The molecule has 0 heterocycles. The van der Waals surface area contributed by atoms with Gasteiger partial charge < -0.3 is 32.9 Å². The first kappa shape index (κ1) is 65.3. The number of halogens is 3. The second-order valence-electron chi connectivity index (χ2n) is 1.13. The molecule has 0 aromatic carbocycles. The van der Waals surface area contributed by atoms with Crippen LogP contribution in [0.2, 0.25) is 0 Å². The van der Waals surface area contributed by atoms with Gasteiger partial charge in [0.15, 0.2) is 0 Å². The van der Waals surface area contributed by atoms with Gasteiger partial charge in [-0.3, -0.25) is 0 Å². The summed E-state index contributed by atoms with van der Waals surface area (Å²) in [5.74, 6) is 0. The molecule has 22 heavy (non-hydrogen) atoms. The molecule has 0 aliphatic rings. The monoisotopic (exact) mass is 547 g/mol. The molecule has 0 aliphatic carbocycles. The average Bonchev–Trinajstić information content (AvgIpc) is 1.41. The third-order valence-electron chi connectivity index (χ3n) is 0. The van der Waals surface area contributed by atoms with Crippen LogP contribution in [0.5, 0.6) is 0 Å². The van der Waals surface area contributed by atoms with E-state index in [9.17, 15) is 0 Å². The van der Waals surface area contributed by atoms with Crippen LogP contribution in [0.1, 0.15) is 0 Å². The van der Waals surface area contributed by atoms with Crippen LogP contribution in [0.15, 0.2) is 0 Å². The Hall–Kier alpha value is 1.50. The van der Waals surface area contributed by atoms with Crippen molar-refractivity contribution in [3.05, 3.63) is 0 Å². The normalized spacial score (nSPS) is 8.18. The predicted molar refractivity (Wildman–Crippen MR) is 21.7 cm³/mol. The van der Waals surface area contributed by atoms with Gasteiger partial charge in [0, 0.05) is 0 Å². The minimum Gasteiger partial charge on any atom is -0.412 e. The van der Waals surface area contributed by atoms with E-state index in [0.29, 0.717) is 0 Å². The maximum atomic E-state index is 8.49. The van der Waals surface area contributed by atoms with Crippen molar-refractivity contribution in [1.29, 1.82) is 0 Å². The molecule has 0 rings (SSSR count). The van der Waals surface area contributed by atoms with Crippen LogP contribution >= 0.6 is 0 Å². The molecule has 0 saturated heterocycles. The van der Waals surface area contributed by atoms with Crippen molar-refractivity contribution < 1.29 is 160 Å².